The van der Waals surface area contributed by atoms with Crippen molar-refractivity contribution in [2.75, 3.05) is 26.3 Å². The second-order valence-electron chi connectivity index (χ2n) is 9.63. The lowest BCUT2D eigenvalue weighted by Crippen LogP contribution is -2.50. The van der Waals surface area contributed by atoms with E-state index in [0.29, 0.717) is 35.8 Å². The Balaban J connectivity index is 2.22. The molecule has 1 aromatic rings. The number of benzene rings is 1. The van der Waals surface area contributed by atoms with E-state index in [4.69, 9.17) is 19.9 Å². The van der Waals surface area contributed by atoms with E-state index in [1.54, 1.807) is 45.0 Å². The van der Waals surface area contributed by atoms with Crippen molar-refractivity contribution >= 4 is 6.09 Å². The molecule has 1 aromatic carbocycles. The summed E-state index contributed by atoms with van der Waals surface area (Å²) < 4.78 is 17.0. The third-order valence-electron chi connectivity index (χ3n) is 6.24. The van der Waals surface area contributed by atoms with Crippen LogP contribution in [0.25, 0.3) is 0 Å². The smallest absolute Gasteiger partial charge is 0.410 e. The van der Waals surface area contributed by atoms with Crippen LogP contribution in [0.4, 0.5) is 4.79 Å². The van der Waals surface area contributed by atoms with E-state index in [2.05, 4.69) is 18.2 Å². The number of carbonyl (C=O) groups excluding carboxylic acids is 1. The molecule has 2 atom stereocenters. The Kier molecular flexibility index (Phi) is 7.51. The molecule has 188 valence electrons. The first-order valence-electron chi connectivity index (χ1n) is 11.9. The first-order chi connectivity index (χ1) is 17.1. The standard InChI is InChI=1S/C27H31N5O4/c1-6-34-21-9-8-17(12-22(21)35-7-2)23-20-14-32(25(33)36-26(3,4)5)11-10-18(20)19(13-28)24(31)27(23,15-29)16-30/h8-10,12,20,23H,6-7,11,14,31H2,1-5H3/t20-,23+/m1/s1. The highest BCUT2D eigenvalue weighted by Gasteiger charge is 2.55. The Morgan fingerprint density at radius 3 is 2.33 bits per heavy atom. The van der Waals surface area contributed by atoms with Gasteiger partial charge in [-0.15, -0.1) is 0 Å². The van der Waals surface area contributed by atoms with Gasteiger partial charge in [0.1, 0.15) is 11.7 Å². The monoisotopic (exact) mass is 489 g/mol. The highest BCUT2D eigenvalue weighted by Crippen LogP contribution is 2.55. The molecular formula is C27H31N5O4. The van der Waals surface area contributed by atoms with Crippen LogP contribution in [0.2, 0.25) is 0 Å². The highest BCUT2D eigenvalue weighted by molar-refractivity contribution is 5.70. The molecular weight excluding hydrogens is 458 g/mol. The zero-order valence-corrected chi connectivity index (χ0v) is 21.3. The first kappa shape index (κ1) is 26.4. The van der Waals surface area contributed by atoms with Crippen LogP contribution in [0.3, 0.4) is 0 Å². The van der Waals surface area contributed by atoms with E-state index in [1.807, 2.05) is 13.8 Å². The van der Waals surface area contributed by atoms with Gasteiger partial charge >= 0.3 is 6.09 Å². The van der Waals surface area contributed by atoms with Gasteiger partial charge in [0.05, 0.1) is 36.6 Å². The van der Waals surface area contributed by atoms with Crippen LogP contribution in [0, 0.1) is 45.3 Å². The molecule has 0 aromatic heterocycles. The average Bonchev–Trinajstić information content (AvgIpc) is 2.83. The van der Waals surface area contributed by atoms with Crippen molar-refractivity contribution in [3.63, 3.8) is 0 Å². The van der Waals surface area contributed by atoms with Gasteiger partial charge in [0, 0.05) is 24.9 Å². The molecule has 3 rings (SSSR count). The van der Waals surface area contributed by atoms with Gasteiger partial charge < -0.3 is 24.8 Å². The molecule has 0 bridgehead atoms. The number of amides is 1. The molecule has 0 spiro atoms. The van der Waals surface area contributed by atoms with Crippen molar-refractivity contribution in [2.45, 2.75) is 46.1 Å². The molecule has 0 saturated carbocycles. The van der Waals surface area contributed by atoms with Crippen molar-refractivity contribution in [2.24, 2.45) is 17.1 Å². The van der Waals surface area contributed by atoms with Crippen LogP contribution in [0.1, 0.15) is 46.1 Å². The van der Waals surface area contributed by atoms with Crippen molar-refractivity contribution in [3.05, 3.63) is 46.7 Å². The molecule has 2 aliphatic rings. The lowest BCUT2D eigenvalue weighted by Gasteiger charge is -2.45. The number of fused-ring (bicyclic) bond motifs is 1. The van der Waals surface area contributed by atoms with E-state index >= 15 is 0 Å². The van der Waals surface area contributed by atoms with Gasteiger partial charge in [-0.05, 0) is 57.9 Å². The van der Waals surface area contributed by atoms with Crippen LogP contribution in [-0.4, -0.2) is 42.9 Å². The normalized spacial score (nSPS) is 20.7. The maximum absolute atomic E-state index is 12.9. The van der Waals surface area contributed by atoms with Crippen molar-refractivity contribution in [1.29, 1.82) is 15.8 Å². The number of rotatable bonds is 5. The first-order valence-corrected chi connectivity index (χ1v) is 11.9. The summed E-state index contributed by atoms with van der Waals surface area (Å²) in [5, 5.41) is 30.5. The van der Waals surface area contributed by atoms with Gasteiger partial charge in [-0.1, -0.05) is 12.1 Å². The predicted molar refractivity (Wildman–Crippen MR) is 131 cm³/mol. The minimum absolute atomic E-state index is 0.0833. The van der Waals surface area contributed by atoms with Crippen molar-refractivity contribution in [3.8, 4) is 29.7 Å². The maximum atomic E-state index is 12.9. The fourth-order valence-electron chi connectivity index (χ4n) is 4.79. The molecule has 0 saturated heterocycles. The number of ether oxygens (including phenoxy) is 3. The van der Waals surface area contributed by atoms with E-state index in [1.165, 1.54) is 4.90 Å². The second-order valence-corrected chi connectivity index (χ2v) is 9.63. The van der Waals surface area contributed by atoms with Crippen LogP contribution >= 0.6 is 0 Å². The zero-order chi connectivity index (χ0) is 26.7. The number of carbonyl (C=O) groups is 1. The van der Waals surface area contributed by atoms with Crippen molar-refractivity contribution in [1.82, 2.24) is 4.90 Å². The Hall–Kier alpha value is -4.16. The minimum atomic E-state index is -1.83. The van der Waals surface area contributed by atoms with E-state index in [0.717, 1.165) is 0 Å². The molecule has 36 heavy (non-hydrogen) atoms. The SMILES string of the molecule is CCOc1ccc([C@H]2[C@@H]3CN(C(=O)OC(C)(C)C)CC=C3C(C#N)=C(N)C2(C#N)C#N)cc1OCC. The van der Waals surface area contributed by atoms with E-state index in [-0.39, 0.29) is 24.4 Å². The van der Waals surface area contributed by atoms with Crippen LogP contribution < -0.4 is 15.2 Å². The number of nitrogens with two attached hydrogens (primary N) is 1. The summed E-state index contributed by atoms with van der Waals surface area (Å²) in [6, 6.07) is 11.6. The summed E-state index contributed by atoms with van der Waals surface area (Å²) in [6.07, 6.45) is 1.24. The molecule has 9 heteroatoms. The minimum Gasteiger partial charge on any atom is -0.490 e. The number of hydrogen-bond donors (Lipinski definition) is 1. The summed E-state index contributed by atoms with van der Waals surface area (Å²) in [4.78, 5) is 14.4. The number of hydrogen-bond acceptors (Lipinski definition) is 8. The average molecular weight is 490 g/mol. The Labute approximate surface area is 211 Å². The molecule has 1 aliphatic heterocycles. The Morgan fingerprint density at radius 2 is 1.78 bits per heavy atom. The molecule has 1 aliphatic carbocycles. The topological polar surface area (TPSA) is 145 Å². The van der Waals surface area contributed by atoms with E-state index in [9.17, 15) is 20.6 Å². The third-order valence-corrected chi connectivity index (χ3v) is 6.24. The van der Waals surface area contributed by atoms with Gasteiger partial charge in [-0.3, -0.25) is 0 Å². The predicted octanol–water partition coefficient (Wildman–Crippen LogP) is 4.14. The summed E-state index contributed by atoms with van der Waals surface area (Å²) in [7, 11) is 0. The van der Waals surface area contributed by atoms with Gasteiger partial charge in [0.15, 0.2) is 16.9 Å². The molecule has 0 fully saturated rings. The van der Waals surface area contributed by atoms with Crippen LogP contribution in [0.5, 0.6) is 11.5 Å². The fraction of sp³-hybridized carbons (Fsp3) is 0.481. The third kappa shape index (κ3) is 4.68. The van der Waals surface area contributed by atoms with Crippen molar-refractivity contribution < 1.29 is 19.0 Å². The number of nitriles is 3. The quantitative estimate of drug-likeness (QED) is 0.649. The van der Waals surface area contributed by atoms with Crippen LogP contribution in [-0.2, 0) is 4.74 Å². The zero-order valence-electron chi connectivity index (χ0n) is 21.3. The summed E-state index contributed by atoms with van der Waals surface area (Å²) >= 11 is 0. The maximum Gasteiger partial charge on any atom is 0.410 e. The molecule has 0 radical (unpaired) electrons. The highest BCUT2D eigenvalue weighted by atomic mass is 16.6. The van der Waals surface area contributed by atoms with Gasteiger partial charge in [-0.2, -0.15) is 15.8 Å². The molecule has 0 unspecified atom stereocenters. The Morgan fingerprint density at radius 1 is 1.14 bits per heavy atom. The molecule has 1 amide bonds. The number of nitrogens with zero attached hydrogens (tertiary/aromatic N) is 4. The lowest BCUT2D eigenvalue weighted by molar-refractivity contribution is 0.0224. The molecule has 9 nitrogen and oxygen atoms in total. The molecule has 1 heterocycles. The van der Waals surface area contributed by atoms with Gasteiger partial charge in [0.25, 0.3) is 0 Å². The lowest BCUT2D eigenvalue weighted by atomic mass is 9.58. The molecule has 2 N–H and O–H groups in total. The van der Waals surface area contributed by atoms with E-state index < -0.39 is 28.9 Å². The number of allylic oxidation sites excluding steroid dienone is 2. The summed E-state index contributed by atoms with van der Waals surface area (Å²) in [5.74, 6) is -0.328. The van der Waals surface area contributed by atoms with Gasteiger partial charge in [-0.25, -0.2) is 4.79 Å². The Bertz CT molecular complexity index is 1210. The summed E-state index contributed by atoms with van der Waals surface area (Å²) in [6.45, 7) is 10.2. The largest absolute Gasteiger partial charge is 0.490 e. The second kappa shape index (κ2) is 10.2. The summed E-state index contributed by atoms with van der Waals surface area (Å²) in [5.41, 5.74) is 5.12. The van der Waals surface area contributed by atoms with Crippen LogP contribution in [0.15, 0.2) is 41.1 Å². The fourth-order valence-corrected chi connectivity index (χ4v) is 4.79. The van der Waals surface area contributed by atoms with Gasteiger partial charge in [0.2, 0.25) is 0 Å².